The van der Waals surface area contributed by atoms with Crippen LogP contribution in [0.5, 0.6) is 0 Å². The summed E-state index contributed by atoms with van der Waals surface area (Å²) >= 11 is 0. The van der Waals surface area contributed by atoms with Crippen LogP contribution >= 0.6 is 0 Å². The molecule has 1 atom stereocenters. The normalized spacial score (nSPS) is 18.5. The van der Waals surface area contributed by atoms with Gasteiger partial charge in [-0.3, -0.25) is 4.79 Å². The smallest absolute Gasteiger partial charge is 0.273 e. The van der Waals surface area contributed by atoms with Gasteiger partial charge in [0.1, 0.15) is 17.9 Å². The van der Waals surface area contributed by atoms with Crippen molar-refractivity contribution in [2.45, 2.75) is 53.0 Å². The van der Waals surface area contributed by atoms with Gasteiger partial charge in [-0.1, -0.05) is 38.1 Å². The van der Waals surface area contributed by atoms with Crippen molar-refractivity contribution in [3.05, 3.63) is 40.7 Å². The average Bonchev–Trinajstić information content (AvgIpc) is 3.46. The molecule has 1 fully saturated rings. The van der Waals surface area contributed by atoms with Crippen LogP contribution in [0.3, 0.4) is 0 Å². The van der Waals surface area contributed by atoms with E-state index in [0.29, 0.717) is 37.0 Å². The first-order valence-electron chi connectivity index (χ1n) is 11.8. The van der Waals surface area contributed by atoms with E-state index in [9.17, 15) is 4.79 Å². The van der Waals surface area contributed by atoms with Crippen LogP contribution in [0.2, 0.25) is 0 Å². The third-order valence-corrected chi connectivity index (χ3v) is 6.27. The average molecular weight is 439 g/mol. The summed E-state index contributed by atoms with van der Waals surface area (Å²) in [5, 5.41) is 10.5. The molecule has 1 unspecified atom stereocenters. The summed E-state index contributed by atoms with van der Waals surface area (Å²) < 4.78 is 5.53. The van der Waals surface area contributed by atoms with Crippen LogP contribution in [-0.2, 0) is 19.4 Å². The van der Waals surface area contributed by atoms with Crippen molar-refractivity contribution < 1.29 is 9.32 Å². The summed E-state index contributed by atoms with van der Waals surface area (Å²) in [7, 11) is 0. The van der Waals surface area contributed by atoms with Gasteiger partial charge in [0, 0.05) is 30.6 Å². The fourth-order valence-electron chi connectivity index (χ4n) is 4.42. The zero-order valence-electron chi connectivity index (χ0n) is 19.4. The SMILES string of the molecule is CCc1ncnc(N2CCc3onc(C(=O)NCCC4CCNC4)c3C2)c1/C=C\C(C)C. The minimum absolute atomic E-state index is 0.153. The number of aryl methyl sites for hydroxylation is 1. The zero-order chi connectivity index (χ0) is 22.5. The second kappa shape index (κ2) is 10.3. The van der Waals surface area contributed by atoms with Crippen LogP contribution in [0.25, 0.3) is 6.08 Å². The van der Waals surface area contributed by atoms with Crippen molar-refractivity contribution in [3.8, 4) is 0 Å². The number of anilines is 1. The first-order valence-corrected chi connectivity index (χ1v) is 11.8. The van der Waals surface area contributed by atoms with E-state index in [-0.39, 0.29) is 5.91 Å². The highest BCUT2D eigenvalue weighted by Gasteiger charge is 2.29. The molecule has 4 heterocycles. The quantitative estimate of drug-likeness (QED) is 0.654. The Morgan fingerprint density at radius 2 is 2.28 bits per heavy atom. The number of hydrogen-bond donors (Lipinski definition) is 2. The Morgan fingerprint density at radius 1 is 1.41 bits per heavy atom. The number of rotatable bonds is 8. The summed E-state index contributed by atoms with van der Waals surface area (Å²) in [6.07, 6.45) is 9.64. The van der Waals surface area contributed by atoms with Gasteiger partial charge in [0.2, 0.25) is 0 Å². The Kier molecular flexibility index (Phi) is 7.19. The van der Waals surface area contributed by atoms with Crippen LogP contribution in [0.15, 0.2) is 16.9 Å². The molecule has 0 aliphatic carbocycles. The number of allylic oxidation sites excluding steroid dienone is 1. The molecule has 4 rings (SSSR count). The molecular weight excluding hydrogens is 404 g/mol. The van der Waals surface area contributed by atoms with E-state index in [4.69, 9.17) is 4.52 Å². The van der Waals surface area contributed by atoms with Crippen molar-refractivity contribution in [2.24, 2.45) is 11.8 Å². The minimum atomic E-state index is -0.153. The molecule has 32 heavy (non-hydrogen) atoms. The number of hydrogen-bond acceptors (Lipinski definition) is 7. The lowest BCUT2D eigenvalue weighted by atomic mass is 10.0. The van der Waals surface area contributed by atoms with E-state index < -0.39 is 0 Å². The van der Waals surface area contributed by atoms with Gasteiger partial charge in [0.05, 0.1) is 12.2 Å². The molecule has 2 N–H and O–H groups in total. The number of fused-ring (bicyclic) bond motifs is 1. The predicted molar refractivity (Wildman–Crippen MR) is 124 cm³/mol. The summed E-state index contributed by atoms with van der Waals surface area (Å²) in [5.74, 6) is 2.63. The van der Waals surface area contributed by atoms with Crippen LogP contribution in [0, 0.1) is 11.8 Å². The lowest BCUT2D eigenvalue weighted by Crippen LogP contribution is -2.34. The summed E-state index contributed by atoms with van der Waals surface area (Å²) in [6.45, 7) is 10.5. The van der Waals surface area contributed by atoms with Crippen molar-refractivity contribution in [1.82, 2.24) is 25.8 Å². The maximum absolute atomic E-state index is 12.8. The summed E-state index contributed by atoms with van der Waals surface area (Å²) in [5.41, 5.74) is 3.35. The topological polar surface area (TPSA) is 96.2 Å². The van der Waals surface area contributed by atoms with E-state index in [2.05, 4.69) is 63.6 Å². The lowest BCUT2D eigenvalue weighted by Gasteiger charge is -2.29. The van der Waals surface area contributed by atoms with E-state index in [1.807, 2.05) is 0 Å². The molecule has 0 bridgehead atoms. The van der Waals surface area contributed by atoms with Gasteiger partial charge in [0.25, 0.3) is 5.91 Å². The van der Waals surface area contributed by atoms with Crippen LogP contribution < -0.4 is 15.5 Å². The van der Waals surface area contributed by atoms with Crippen LogP contribution in [0.1, 0.15) is 66.7 Å². The molecule has 1 amide bonds. The number of nitrogens with one attached hydrogen (secondary N) is 2. The third kappa shape index (κ3) is 5.01. The number of amides is 1. The first kappa shape index (κ1) is 22.5. The molecule has 8 nitrogen and oxygen atoms in total. The molecule has 2 aliphatic rings. The van der Waals surface area contributed by atoms with Gasteiger partial charge in [-0.25, -0.2) is 9.97 Å². The maximum Gasteiger partial charge on any atom is 0.273 e. The number of carbonyl (C=O) groups is 1. The Morgan fingerprint density at radius 3 is 3.03 bits per heavy atom. The standard InChI is InChI=1S/C24H34N6O2/c1-4-20-18(6-5-16(2)3)23(28-15-27-20)30-12-9-21-19(14-30)22(29-32-21)24(31)26-11-8-17-7-10-25-13-17/h5-6,15-17,25H,4,7-14H2,1-3H3,(H,26,31)/b6-5-. The Bertz CT molecular complexity index is 961. The van der Waals surface area contributed by atoms with Crippen LogP contribution in [0.4, 0.5) is 5.82 Å². The van der Waals surface area contributed by atoms with E-state index in [1.54, 1.807) is 6.33 Å². The van der Waals surface area contributed by atoms with Gasteiger partial charge >= 0.3 is 0 Å². The Hall–Kier alpha value is -2.74. The number of nitrogens with zero attached hydrogens (tertiary/aromatic N) is 4. The minimum Gasteiger partial charge on any atom is -0.360 e. The molecule has 1 saturated heterocycles. The van der Waals surface area contributed by atoms with E-state index >= 15 is 0 Å². The van der Waals surface area contributed by atoms with Crippen molar-refractivity contribution in [2.75, 3.05) is 31.1 Å². The van der Waals surface area contributed by atoms with Gasteiger partial charge in [-0.15, -0.1) is 0 Å². The molecule has 0 radical (unpaired) electrons. The second-order valence-electron chi connectivity index (χ2n) is 9.02. The molecule has 0 saturated carbocycles. The summed E-state index contributed by atoms with van der Waals surface area (Å²) in [4.78, 5) is 24.2. The molecule has 172 valence electrons. The highest BCUT2D eigenvalue weighted by Crippen LogP contribution is 2.29. The van der Waals surface area contributed by atoms with Crippen molar-refractivity contribution >= 4 is 17.8 Å². The molecule has 0 spiro atoms. The molecule has 2 aliphatic heterocycles. The van der Waals surface area contributed by atoms with Crippen LogP contribution in [-0.4, -0.2) is 47.2 Å². The van der Waals surface area contributed by atoms with Gasteiger partial charge in [-0.2, -0.15) is 0 Å². The summed E-state index contributed by atoms with van der Waals surface area (Å²) in [6, 6.07) is 0. The fraction of sp³-hybridized carbons (Fsp3) is 0.583. The Balaban J connectivity index is 1.50. The number of carbonyl (C=O) groups excluding carboxylic acids is 1. The fourth-order valence-corrected chi connectivity index (χ4v) is 4.42. The zero-order valence-corrected chi connectivity index (χ0v) is 19.4. The monoisotopic (exact) mass is 438 g/mol. The Labute approximate surface area is 189 Å². The molecule has 2 aromatic rings. The van der Waals surface area contributed by atoms with Crippen molar-refractivity contribution in [3.63, 3.8) is 0 Å². The number of aromatic nitrogens is 3. The maximum atomic E-state index is 12.8. The molecule has 8 heteroatoms. The lowest BCUT2D eigenvalue weighted by molar-refractivity contribution is 0.0942. The van der Waals surface area contributed by atoms with Gasteiger partial charge in [-0.05, 0) is 44.2 Å². The van der Waals surface area contributed by atoms with E-state index in [1.165, 1.54) is 6.42 Å². The highest BCUT2D eigenvalue weighted by atomic mass is 16.5. The second-order valence-corrected chi connectivity index (χ2v) is 9.02. The molecular formula is C24H34N6O2. The van der Waals surface area contributed by atoms with Gasteiger partial charge < -0.3 is 20.1 Å². The van der Waals surface area contributed by atoms with E-state index in [0.717, 1.165) is 60.9 Å². The largest absolute Gasteiger partial charge is 0.360 e. The highest BCUT2D eigenvalue weighted by molar-refractivity contribution is 5.94. The molecule has 0 aromatic carbocycles. The van der Waals surface area contributed by atoms with Gasteiger partial charge in [0.15, 0.2) is 5.69 Å². The molecule has 2 aromatic heterocycles. The predicted octanol–water partition coefficient (Wildman–Crippen LogP) is 2.99. The first-order chi connectivity index (χ1) is 15.6. The van der Waals surface area contributed by atoms with Crippen molar-refractivity contribution in [1.29, 1.82) is 0 Å². The third-order valence-electron chi connectivity index (χ3n) is 6.27.